The molecule has 1 fully saturated rings. The molecule has 1 saturated heterocycles. The van der Waals surface area contributed by atoms with Gasteiger partial charge in [0.2, 0.25) is 0 Å². The van der Waals surface area contributed by atoms with Crippen LogP contribution in [0.2, 0.25) is 0 Å². The summed E-state index contributed by atoms with van der Waals surface area (Å²) < 4.78 is 10.3. The number of fused-ring (bicyclic) bond motifs is 1. The fourth-order valence-electron chi connectivity index (χ4n) is 3.13. The molecule has 7 nitrogen and oxygen atoms in total. The van der Waals surface area contributed by atoms with Crippen LogP contribution in [-0.2, 0) is 9.47 Å². The van der Waals surface area contributed by atoms with Gasteiger partial charge in [-0.3, -0.25) is 4.79 Å². The largest absolute Gasteiger partial charge is 0.465 e. The SMILES string of the molecule is COC(=O)c1ccc(C(=O)Nc2ccc3nc(C4CCCO4)[nH]c3c2)cc1. The Kier molecular flexibility index (Phi) is 4.60. The van der Waals surface area contributed by atoms with E-state index in [9.17, 15) is 9.59 Å². The molecular formula is C20H19N3O4. The summed E-state index contributed by atoms with van der Waals surface area (Å²) >= 11 is 0. The number of esters is 1. The predicted octanol–water partition coefficient (Wildman–Crippen LogP) is 3.45. The lowest BCUT2D eigenvalue weighted by Crippen LogP contribution is -2.12. The molecule has 27 heavy (non-hydrogen) atoms. The molecule has 0 saturated carbocycles. The van der Waals surface area contributed by atoms with Crippen molar-refractivity contribution in [2.45, 2.75) is 18.9 Å². The van der Waals surface area contributed by atoms with Gasteiger partial charge in [0, 0.05) is 17.9 Å². The zero-order valence-electron chi connectivity index (χ0n) is 14.8. The first-order valence-electron chi connectivity index (χ1n) is 8.75. The van der Waals surface area contributed by atoms with E-state index in [-0.39, 0.29) is 12.0 Å². The monoisotopic (exact) mass is 365 g/mol. The molecule has 1 aromatic heterocycles. The molecule has 1 aliphatic rings. The number of hydrogen-bond acceptors (Lipinski definition) is 5. The smallest absolute Gasteiger partial charge is 0.337 e. The Balaban J connectivity index is 1.50. The third-order valence-corrected chi connectivity index (χ3v) is 4.56. The third kappa shape index (κ3) is 3.54. The molecular weight excluding hydrogens is 346 g/mol. The van der Waals surface area contributed by atoms with Crippen LogP contribution in [0.1, 0.15) is 45.5 Å². The minimum absolute atomic E-state index is 0.0174. The van der Waals surface area contributed by atoms with Crippen LogP contribution in [0.4, 0.5) is 5.69 Å². The predicted molar refractivity (Wildman–Crippen MR) is 99.8 cm³/mol. The van der Waals surface area contributed by atoms with Gasteiger partial charge in [-0.15, -0.1) is 0 Å². The Labute approximate surface area is 155 Å². The molecule has 0 aliphatic carbocycles. The maximum absolute atomic E-state index is 12.4. The maximum atomic E-state index is 12.4. The number of hydrogen-bond donors (Lipinski definition) is 2. The summed E-state index contributed by atoms with van der Waals surface area (Å²) in [7, 11) is 1.32. The Morgan fingerprint density at radius 3 is 2.67 bits per heavy atom. The number of carbonyl (C=O) groups is 2. The summed E-state index contributed by atoms with van der Waals surface area (Å²) in [6.45, 7) is 0.762. The summed E-state index contributed by atoms with van der Waals surface area (Å²) in [4.78, 5) is 31.8. The van der Waals surface area contributed by atoms with Crippen molar-refractivity contribution in [3.05, 3.63) is 59.4 Å². The molecule has 1 unspecified atom stereocenters. The number of amides is 1. The standard InChI is InChI=1S/C20H19N3O4/c1-26-20(25)13-6-4-12(5-7-13)19(24)21-14-8-9-15-16(11-14)23-18(22-15)17-3-2-10-27-17/h4-9,11,17H,2-3,10H2,1H3,(H,21,24)(H,22,23). The van der Waals surface area contributed by atoms with Gasteiger partial charge in [0.25, 0.3) is 5.91 Å². The van der Waals surface area contributed by atoms with Crippen LogP contribution >= 0.6 is 0 Å². The number of imidazole rings is 1. The number of aromatic nitrogens is 2. The van der Waals surface area contributed by atoms with E-state index in [1.165, 1.54) is 7.11 Å². The molecule has 3 aromatic rings. The first kappa shape index (κ1) is 17.2. The van der Waals surface area contributed by atoms with Gasteiger partial charge in [-0.1, -0.05) is 0 Å². The number of carbonyl (C=O) groups excluding carboxylic acids is 2. The maximum Gasteiger partial charge on any atom is 0.337 e. The summed E-state index contributed by atoms with van der Waals surface area (Å²) in [6, 6.07) is 11.8. The highest BCUT2D eigenvalue weighted by Gasteiger charge is 2.21. The van der Waals surface area contributed by atoms with Crippen LogP contribution in [0.3, 0.4) is 0 Å². The van der Waals surface area contributed by atoms with Crippen molar-refractivity contribution in [1.82, 2.24) is 9.97 Å². The Bertz CT molecular complexity index is 988. The lowest BCUT2D eigenvalue weighted by Gasteiger charge is -2.06. The number of H-pyrrole nitrogens is 1. The van der Waals surface area contributed by atoms with E-state index in [1.54, 1.807) is 24.3 Å². The molecule has 7 heteroatoms. The fraction of sp³-hybridized carbons (Fsp3) is 0.250. The Morgan fingerprint density at radius 2 is 1.96 bits per heavy atom. The summed E-state index contributed by atoms with van der Waals surface area (Å²) in [6.07, 6.45) is 2.02. The van der Waals surface area contributed by atoms with Gasteiger partial charge in [-0.2, -0.15) is 0 Å². The van der Waals surface area contributed by atoms with Crippen molar-refractivity contribution >= 4 is 28.6 Å². The molecule has 0 radical (unpaired) electrons. The summed E-state index contributed by atoms with van der Waals surface area (Å²) in [5, 5.41) is 2.86. The van der Waals surface area contributed by atoms with E-state index >= 15 is 0 Å². The van der Waals surface area contributed by atoms with Crippen LogP contribution in [-0.4, -0.2) is 35.6 Å². The average Bonchev–Trinajstić information content (AvgIpc) is 3.36. The number of aromatic amines is 1. The van der Waals surface area contributed by atoms with Crippen molar-refractivity contribution in [2.24, 2.45) is 0 Å². The zero-order valence-corrected chi connectivity index (χ0v) is 14.8. The van der Waals surface area contributed by atoms with Gasteiger partial charge in [-0.05, 0) is 55.3 Å². The Hall–Kier alpha value is -3.19. The van der Waals surface area contributed by atoms with Crippen LogP contribution in [0.25, 0.3) is 11.0 Å². The number of nitrogens with zero attached hydrogens (tertiary/aromatic N) is 1. The highest BCUT2D eigenvalue weighted by molar-refractivity contribution is 6.05. The number of methoxy groups -OCH3 is 1. The lowest BCUT2D eigenvalue weighted by atomic mass is 10.1. The molecule has 0 spiro atoms. The molecule has 2 heterocycles. The number of anilines is 1. The van der Waals surface area contributed by atoms with Gasteiger partial charge in [0.1, 0.15) is 11.9 Å². The second-order valence-corrected chi connectivity index (χ2v) is 6.38. The second-order valence-electron chi connectivity index (χ2n) is 6.38. The normalized spacial score (nSPS) is 16.4. The fourth-order valence-corrected chi connectivity index (χ4v) is 3.13. The van der Waals surface area contributed by atoms with Crippen molar-refractivity contribution in [2.75, 3.05) is 19.0 Å². The molecule has 138 valence electrons. The highest BCUT2D eigenvalue weighted by atomic mass is 16.5. The number of rotatable bonds is 4. The van der Waals surface area contributed by atoms with Crippen LogP contribution < -0.4 is 5.32 Å². The highest BCUT2D eigenvalue weighted by Crippen LogP contribution is 2.28. The first-order valence-corrected chi connectivity index (χ1v) is 8.75. The summed E-state index contributed by atoms with van der Waals surface area (Å²) in [5.74, 6) is 0.128. The zero-order chi connectivity index (χ0) is 18.8. The quantitative estimate of drug-likeness (QED) is 0.691. The molecule has 2 aromatic carbocycles. The molecule has 2 N–H and O–H groups in total. The molecule has 1 atom stereocenters. The number of nitrogens with one attached hydrogen (secondary N) is 2. The Morgan fingerprint density at radius 1 is 1.19 bits per heavy atom. The van der Waals surface area contributed by atoms with Gasteiger partial charge in [0.15, 0.2) is 0 Å². The minimum Gasteiger partial charge on any atom is -0.465 e. The summed E-state index contributed by atoms with van der Waals surface area (Å²) in [5.41, 5.74) is 3.19. The molecule has 0 bridgehead atoms. The number of ether oxygens (including phenoxy) is 2. The van der Waals surface area contributed by atoms with E-state index in [2.05, 4.69) is 20.0 Å². The van der Waals surface area contributed by atoms with Crippen LogP contribution in [0, 0.1) is 0 Å². The first-order chi connectivity index (χ1) is 13.1. The molecule has 1 aliphatic heterocycles. The van der Waals surface area contributed by atoms with Crippen molar-refractivity contribution in [3.63, 3.8) is 0 Å². The van der Waals surface area contributed by atoms with Crippen molar-refractivity contribution < 1.29 is 19.1 Å². The van der Waals surface area contributed by atoms with Crippen molar-refractivity contribution in [3.8, 4) is 0 Å². The topological polar surface area (TPSA) is 93.3 Å². The minimum atomic E-state index is -0.436. The van der Waals surface area contributed by atoms with Crippen LogP contribution in [0.5, 0.6) is 0 Å². The van der Waals surface area contributed by atoms with Gasteiger partial charge < -0.3 is 19.8 Å². The lowest BCUT2D eigenvalue weighted by molar-refractivity contribution is 0.0600. The van der Waals surface area contributed by atoms with Gasteiger partial charge in [-0.25, -0.2) is 9.78 Å². The van der Waals surface area contributed by atoms with Crippen LogP contribution in [0.15, 0.2) is 42.5 Å². The molecule has 4 rings (SSSR count). The van der Waals surface area contributed by atoms with E-state index in [1.807, 2.05) is 18.2 Å². The van der Waals surface area contributed by atoms with E-state index in [4.69, 9.17) is 4.74 Å². The van der Waals surface area contributed by atoms with E-state index in [0.29, 0.717) is 16.8 Å². The van der Waals surface area contributed by atoms with E-state index < -0.39 is 5.97 Å². The second kappa shape index (κ2) is 7.20. The molecule has 1 amide bonds. The van der Waals surface area contributed by atoms with Gasteiger partial charge >= 0.3 is 5.97 Å². The van der Waals surface area contributed by atoms with Crippen molar-refractivity contribution in [1.29, 1.82) is 0 Å². The van der Waals surface area contributed by atoms with Gasteiger partial charge in [0.05, 0.1) is 23.7 Å². The average molecular weight is 365 g/mol. The van der Waals surface area contributed by atoms with E-state index in [0.717, 1.165) is 36.3 Å². The number of benzene rings is 2. The third-order valence-electron chi connectivity index (χ3n) is 4.56.